The van der Waals surface area contributed by atoms with Crippen LogP contribution in [-0.2, 0) is 10.0 Å². The lowest BCUT2D eigenvalue weighted by Gasteiger charge is -2.36. The number of sulfonamides is 1. The van der Waals surface area contributed by atoms with E-state index in [0.29, 0.717) is 35.5 Å². The van der Waals surface area contributed by atoms with E-state index in [1.807, 2.05) is 11.0 Å². The Balaban J connectivity index is 1.81. The summed E-state index contributed by atoms with van der Waals surface area (Å²) in [5.74, 6) is 0. The Bertz CT molecular complexity index is 1050. The summed E-state index contributed by atoms with van der Waals surface area (Å²) in [6.07, 6.45) is 0. The zero-order valence-corrected chi connectivity index (χ0v) is 15.1. The number of benzene rings is 2. The van der Waals surface area contributed by atoms with Gasteiger partial charge in [-0.05, 0) is 36.4 Å². The van der Waals surface area contributed by atoms with Crippen LogP contribution < -0.4 is 4.90 Å². The largest absolute Gasteiger partial charge is 0.367 e. The molecule has 1 heterocycles. The van der Waals surface area contributed by atoms with Crippen molar-refractivity contribution < 1.29 is 8.42 Å². The van der Waals surface area contributed by atoms with Gasteiger partial charge >= 0.3 is 0 Å². The summed E-state index contributed by atoms with van der Waals surface area (Å²) < 4.78 is 27.0. The highest BCUT2D eigenvalue weighted by Gasteiger charge is 2.30. The number of hydrogen-bond donors (Lipinski definition) is 0. The van der Waals surface area contributed by atoms with Crippen LogP contribution in [0.3, 0.4) is 0 Å². The quantitative estimate of drug-likeness (QED) is 0.806. The van der Waals surface area contributed by atoms with Gasteiger partial charge in [0.15, 0.2) is 0 Å². The fourth-order valence-corrected chi connectivity index (χ4v) is 4.49. The van der Waals surface area contributed by atoms with Crippen molar-refractivity contribution in [2.24, 2.45) is 0 Å². The van der Waals surface area contributed by atoms with Crippen molar-refractivity contribution in [2.45, 2.75) is 4.90 Å². The molecule has 2 aromatic rings. The molecular weight excluding hydrogens is 362 g/mol. The molecule has 0 saturated carbocycles. The lowest BCUT2D eigenvalue weighted by atomic mass is 10.1. The Labute approximate surface area is 157 Å². The fourth-order valence-electron chi connectivity index (χ4n) is 3.07. The van der Waals surface area contributed by atoms with E-state index < -0.39 is 10.0 Å². The van der Waals surface area contributed by atoms with E-state index in [1.165, 1.54) is 28.6 Å². The topological polar surface area (TPSA) is 112 Å². The lowest BCUT2D eigenvalue weighted by molar-refractivity contribution is 0.385. The van der Waals surface area contributed by atoms with Gasteiger partial charge in [0.1, 0.15) is 12.1 Å². The molecular formula is C19H15N5O2S. The second-order valence-electron chi connectivity index (χ2n) is 5.95. The summed E-state index contributed by atoms with van der Waals surface area (Å²) in [7, 11) is -3.66. The van der Waals surface area contributed by atoms with E-state index in [4.69, 9.17) is 5.26 Å². The summed E-state index contributed by atoms with van der Waals surface area (Å²) in [6, 6.07) is 16.9. The van der Waals surface area contributed by atoms with Crippen molar-refractivity contribution in [1.29, 1.82) is 15.8 Å². The van der Waals surface area contributed by atoms with Crippen molar-refractivity contribution in [3.8, 4) is 18.2 Å². The Morgan fingerprint density at radius 3 is 1.81 bits per heavy atom. The summed E-state index contributed by atoms with van der Waals surface area (Å²) >= 11 is 0. The number of piperazine rings is 1. The van der Waals surface area contributed by atoms with Gasteiger partial charge in [-0.3, -0.25) is 0 Å². The van der Waals surface area contributed by atoms with Gasteiger partial charge in [-0.25, -0.2) is 8.42 Å². The molecule has 0 N–H and O–H groups in total. The zero-order valence-electron chi connectivity index (χ0n) is 14.3. The minimum Gasteiger partial charge on any atom is -0.367 e. The Kier molecular flexibility index (Phi) is 5.09. The second-order valence-corrected chi connectivity index (χ2v) is 7.89. The Morgan fingerprint density at radius 1 is 0.778 bits per heavy atom. The van der Waals surface area contributed by atoms with Crippen LogP contribution >= 0.6 is 0 Å². The maximum atomic E-state index is 12.8. The molecule has 0 aliphatic carbocycles. The summed E-state index contributed by atoms with van der Waals surface area (Å²) in [5, 5.41) is 27.5. The number of anilines is 1. The van der Waals surface area contributed by atoms with Crippen molar-refractivity contribution in [3.63, 3.8) is 0 Å². The Hall–Kier alpha value is -3.38. The molecule has 0 aromatic heterocycles. The molecule has 1 fully saturated rings. The van der Waals surface area contributed by atoms with Gasteiger partial charge in [0.2, 0.25) is 10.0 Å². The van der Waals surface area contributed by atoms with E-state index in [0.717, 1.165) is 0 Å². The first-order valence-corrected chi connectivity index (χ1v) is 9.63. The van der Waals surface area contributed by atoms with Crippen LogP contribution in [0.2, 0.25) is 0 Å². The highest BCUT2D eigenvalue weighted by Crippen LogP contribution is 2.27. The van der Waals surface area contributed by atoms with Crippen LogP contribution in [0.25, 0.3) is 0 Å². The van der Waals surface area contributed by atoms with E-state index in [9.17, 15) is 18.9 Å². The maximum Gasteiger partial charge on any atom is 0.243 e. The minimum absolute atomic E-state index is 0.144. The molecule has 27 heavy (non-hydrogen) atoms. The van der Waals surface area contributed by atoms with Gasteiger partial charge in [0.05, 0.1) is 33.3 Å². The average molecular weight is 377 g/mol. The van der Waals surface area contributed by atoms with Crippen molar-refractivity contribution in [2.75, 3.05) is 31.1 Å². The summed E-state index contributed by atoms with van der Waals surface area (Å²) in [4.78, 5) is 2.02. The third-order valence-electron chi connectivity index (χ3n) is 4.45. The monoisotopic (exact) mass is 377 g/mol. The standard InChI is InChI=1S/C19H15N5O2S/c20-12-15-4-6-18(7-5-15)27(25,26)24-10-8-23(9-11-24)19-16(13-21)2-1-3-17(19)14-22/h1-7H,8-11H2. The molecule has 0 amide bonds. The molecule has 1 aliphatic heterocycles. The molecule has 8 heteroatoms. The highest BCUT2D eigenvalue weighted by molar-refractivity contribution is 7.89. The van der Waals surface area contributed by atoms with Crippen LogP contribution in [0.15, 0.2) is 47.4 Å². The zero-order chi connectivity index (χ0) is 19.4. The van der Waals surface area contributed by atoms with Crippen molar-refractivity contribution in [3.05, 3.63) is 59.2 Å². The molecule has 7 nitrogen and oxygen atoms in total. The van der Waals surface area contributed by atoms with Crippen molar-refractivity contribution in [1.82, 2.24) is 4.31 Å². The first-order chi connectivity index (χ1) is 13.0. The molecule has 1 saturated heterocycles. The second kappa shape index (κ2) is 7.47. The highest BCUT2D eigenvalue weighted by atomic mass is 32.2. The smallest absolute Gasteiger partial charge is 0.243 e. The number of nitriles is 3. The van der Waals surface area contributed by atoms with Gasteiger partial charge in [-0.15, -0.1) is 0 Å². The van der Waals surface area contributed by atoms with Gasteiger partial charge in [0.25, 0.3) is 0 Å². The van der Waals surface area contributed by atoms with Gasteiger partial charge in [0, 0.05) is 26.2 Å². The molecule has 0 atom stereocenters. The third-order valence-corrected chi connectivity index (χ3v) is 6.37. The van der Waals surface area contributed by atoms with Gasteiger partial charge in [-0.2, -0.15) is 20.1 Å². The van der Waals surface area contributed by atoms with E-state index in [-0.39, 0.29) is 18.0 Å². The number of para-hydroxylation sites is 1. The van der Waals surface area contributed by atoms with E-state index in [2.05, 4.69) is 12.1 Å². The van der Waals surface area contributed by atoms with Crippen LogP contribution in [0, 0.1) is 34.0 Å². The van der Waals surface area contributed by atoms with E-state index in [1.54, 1.807) is 18.2 Å². The molecule has 1 aliphatic rings. The number of rotatable bonds is 3. The van der Waals surface area contributed by atoms with Crippen LogP contribution in [0.5, 0.6) is 0 Å². The summed E-state index contributed by atoms with van der Waals surface area (Å²) in [6.45, 7) is 1.24. The van der Waals surface area contributed by atoms with Crippen LogP contribution in [0.1, 0.15) is 16.7 Å². The predicted octanol–water partition coefficient (Wildman–Crippen LogP) is 1.81. The third kappa shape index (κ3) is 3.47. The number of hydrogen-bond acceptors (Lipinski definition) is 6. The Morgan fingerprint density at radius 2 is 1.33 bits per heavy atom. The lowest BCUT2D eigenvalue weighted by Crippen LogP contribution is -2.49. The first-order valence-electron chi connectivity index (χ1n) is 8.19. The van der Waals surface area contributed by atoms with Crippen LogP contribution in [-0.4, -0.2) is 38.9 Å². The van der Waals surface area contributed by atoms with Gasteiger partial charge < -0.3 is 4.90 Å². The van der Waals surface area contributed by atoms with E-state index >= 15 is 0 Å². The van der Waals surface area contributed by atoms with Crippen molar-refractivity contribution >= 4 is 15.7 Å². The molecule has 134 valence electrons. The molecule has 0 radical (unpaired) electrons. The molecule has 0 unspecified atom stereocenters. The average Bonchev–Trinajstić information content (AvgIpc) is 2.73. The molecule has 2 aromatic carbocycles. The molecule has 3 rings (SSSR count). The normalized spacial score (nSPS) is 14.8. The SMILES string of the molecule is N#Cc1ccc(S(=O)(=O)N2CCN(c3c(C#N)cccc3C#N)CC2)cc1. The summed E-state index contributed by atoms with van der Waals surface area (Å²) in [5.41, 5.74) is 1.75. The van der Waals surface area contributed by atoms with Gasteiger partial charge in [-0.1, -0.05) is 6.07 Å². The first kappa shape index (κ1) is 18.4. The molecule has 0 bridgehead atoms. The minimum atomic E-state index is -3.66. The maximum absolute atomic E-state index is 12.8. The van der Waals surface area contributed by atoms with Crippen LogP contribution in [0.4, 0.5) is 5.69 Å². The fraction of sp³-hybridized carbons (Fsp3) is 0.211. The number of nitrogens with zero attached hydrogens (tertiary/aromatic N) is 5. The molecule has 0 spiro atoms. The predicted molar refractivity (Wildman–Crippen MR) is 98.0 cm³/mol.